The topological polar surface area (TPSA) is 26.0 Å². The Labute approximate surface area is 97.9 Å². The molecular formula is C14H22FN. The summed E-state index contributed by atoms with van der Waals surface area (Å²) in [5, 5.41) is 0. The van der Waals surface area contributed by atoms with Crippen molar-refractivity contribution in [2.75, 3.05) is 0 Å². The monoisotopic (exact) mass is 223 g/mol. The lowest BCUT2D eigenvalue weighted by molar-refractivity contribution is 0.345. The molecular weight excluding hydrogens is 201 g/mol. The van der Waals surface area contributed by atoms with Crippen molar-refractivity contribution in [1.29, 1.82) is 0 Å². The maximum absolute atomic E-state index is 13.0. The van der Waals surface area contributed by atoms with Gasteiger partial charge in [0.2, 0.25) is 0 Å². The van der Waals surface area contributed by atoms with Gasteiger partial charge in [0.1, 0.15) is 5.82 Å². The van der Waals surface area contributed by atoms with Crippen molar-refractivity contribution in [2.45, 2.75) is 45.6 Å². The number of nitrogens with two attached hydrogens (primary N) is 1. The van der Waals surface area contributed by atoms with Crippen molar-refractivity contribution in [1.82, 2.24) is 0 Å². The van der Waals surface area contributed by atoms with Crippen LogP contribution < -0.4 is 5.73 Å². The molecule has 0 aliphatic rings. The summed E-state index contributed by atoms with van der Waals surface area (Å²) in [4.78, 5) is 0. The van der Waals surface area contributed by atoms with Crippen LogP contribution in [0.25, 0.3) is 0 Å². The van der Waals surface area contributed by atoms with E-state index in [1.165, 1.54) is 6.07 Å². The SMILES string of the molecule is CCC(C)CC(C)(N)Cc1cccc(F)c1. The highest BCUT2D eigenvalue weighted by molar-refractivity contribution is 5.18. The largest absolute Gasteiger partial charge is 0.325 e. The Bertz CT molecular complexity index is 333. The molecule has 0 saturated carbocycles. The van der Waals surface area contributed by atoms with Crippen molar-refractivity contribution in [2.24, 2.45) is 11.7 Å². The van der Waals surface area contributed by atoms with Gasteiger partial charge in [0.15, 0.2) is 0 Å². The number of halogens is 1. The van der Waals surface area contributed by atoms with Gasteiger partial charge in [-0.25, -0.2) is 4.39 Å². The van der Waals surface area contributed by atoms with Gasteiger partial charge in [-0.2, -0.15) is 0 Å². The summed E-state index contributed by atoms with van der Waals surface area (Å²) in [7, 11) is 0. The molecule has 90 valence electrons. The molecule has 1 aromatic rings. The van der Waals surface area contributed by atoms with Crippen molar-refractivity contribution < 1.29 is 4.39 Å². The first-order valence-electron chi connectivity index (χ1n) is 5.96. The van der Waals surface area contributed by atoms with E-state index in [0.717, 1.165) is 24.8 Å². The Morgan fingerprint density at radius 2 is 2.12 bits per heavy atom. The molecule has 1 rings (SSSR count). The molecule has 2 heteroatoms. The zero-order chi connectivity index (χ0) is 12.2. The second-order valence-corrected chi connectivity index (χ2v) is 5.18. The molecule has 1 aromatic carbocycles. The van der Waals surface area contributed by atoms with Crippen LogP contribution in [-0.4, -0.2) is 5.54 Å². The molecule has 16 heavy (non-hydrogen) atoms. The van der Waals surface area contributed by atoms with Gasteiger partial charge >= 0.3 is 0 Å². The van der Waals surface area contributed by atoms with E-state index in [-0.39, 0.29) is 11.4 Å². The van der Waals surface area contributed by atoms with Gasteiger partial charge < -0.3 is 5.73 Å². The number of benzene rings is 1. The van der Waals surface area contributed by atoms with E-state index in [1.807, 2.05) is 13.0 Å². The molecule has 1 nitrogen and oxygen atoms in total. The second kappa shape index (κ2) is 5.44. The average molecular weight is 223 g/mol. The molecule has 2 N–H and O–H groups in total. The maximum atomic E-state index is 13.0. The predicted molar refractivity (Wildman–Crippen MR) is 66.8 cm³/mol. The third-order valence-electron chi connectivity index (χ3n) is 3.01. The van der Waals surface area contributed by atoms with E-state index in [9.17, 15) is 4.39 Å². The van der Waals surface area contributed by atoms with Gasteiger partial charge in [-0.3, -0.25) is 0 Å². The van der Waals surface area contributed by atoms with E-state index in [4.69, 9.17) is 5.73 Å². The molecule has 0 spiro atoms. The Kier molecular flexibility index (Phi) is 4.48. The highest BCUT2D eigenvalue weighted by Crippen LogP contribution is 2.21. The van der Waals surface area contributed by atoms with Crippen LogP contribution in [0.1, 0.15) is 39.2 Å². The molecule has 0 aromatic heterocycles. The lowest BCUT2D eigenvalue weighted by Crippen LogP contribution is -2.40. The summed E-state index contributed by atoms with van der Waals surface area (Å²) >= 11 is 0. The molecule has 2 unspecified atom stereocenters. The van der Waals surface area contributed by atoms with E-state index in [1.54, 1.807) is 12.1 Å². The number of hydrogen-bond donors (Lipinski definition) is 1. The minimum atomic E-state index is -0.247. The molecule has 0 fully saturated rings. The lowest BCUT2D eigenvalue weighted by Gasteiger charge is -2.27. The van der Waals surface area contributed by atoms with Gasteiger partial charge in [-0.15, -0.1) is 0 Å². The summed E-state index contributed by atoms with van der Waals surface area (Å²) in [6.07, 6.45) is 2.84. The molecule has 2 atom stereocenters. The molecule has 0 amide bonds. The van der Waals surface area contributed by atoms with Crippen LogP contribution >= 0.6 is 0 Å². The van der Waals surface area contributed by atoms with Crippen LogP contribution in [0, 0.1) is 11.7 Å². The molecule has 0 aliphatic carbocycles. The average Bonchev–Trinajstić information content (AvgIpc) is 2.15. The Hall–Kier alpha value is -0.890. The van der Waals surface area contributed by atoms with Crippen LogP contribution in [0.4, 0.5) is 4.39 Å². The van der Waals surface area contributed by atoms with Crippen molar-refractivity contribution in [3.05, 3.63) is 35.6 Å². The predicted octanol–water partition coefficient (Wildman–Crippen LogP) is 3.52. The van der Waals surface area contributed by atoms with Crippen LogP contribution in [0.3, 0.4) is 0 Å². The molecule has 0 heterocycles. The van der Waals surface area contributed by atoms with Gasteiger partial charge in [0.25, 0.3) is 0 Å². The third-order valence-corrected chi connectivity index (χ3v) is 3.01. The summed E-state index contributed by atoms with van der Waals surface area (Å²) in [6.45, 7) is 6.42. The summed E-state index contributed by atoms with van der Waals surface area (Å²) in [5.74, 6) is 0.431. The molecule has 0 aliphatic heterocycles. The normalized spacial score (nSPS) is 16.8. The molecule has 0 radical (unpaired) electrons. The highest BCUT2D eigenvalue weighted by atomic mass is 19.1. The minimum Gasteiger partial charge on any atom is -0.325 e. The smallest absolute Gasteiger partial charge is 0.123 e. The molecule has 0 bridgehead atoms. The summed E-state index contributed by atoms with van der Waals surface area (Å²) in [5.41, 5.74) is 6.99. The number of rotatable bonds is 5. The fraction of sp³-hybridized carbons (Fsp3) is 0.571. The first-order valence-corrected chi connectivity index (χ1v) is 5.96. The minimum absolute atomic E-state index is 0.183. The van der Waals surface area contributed by atoms with Gasteiger partial charge in [0.05, 0.1) is 0 Å². The highest BCUT2D eigenvalue weighted by Gasteiger charge is 2.21. The van der Waals surface area contributed by atoms with Crippen molar-refractivity contribution in [3.63, 3.8) is 0 Å². The maximum Gasteiger partial charge on any atom is 0.123 e. The van der Waals surface area contributed by atoms with Crippen LogP contribution in [-0.2, 0) is 6.42 Å². The third kappa shape index (κ3) is 4.31. The first kappa shape index (κ1) is 13.2. The Balaban J connectivity index is 2.65. The van der Waals surface area contributed by atoms with Crippen LogP contribution in [0.5, 0.6) is 0 Å². The van der Waals surface area contributed by atoms with Crippen molar-refractivity contribution >= 4 is 0 Å². The zero-order valence-corrected chi connectivity index (χ0v) is 10.5. The van der Waals surface area contributed by atoms with E-state index < -0.39 is 0 Å². The summed E-state index contributed by atoms with van der Waals surface area (Å²) < 4.78 is 13.0. The Morgan fingerprint density at radius 3 is 2.69 bits per heavy atom. The van der Waals surface area contributed by atoms with Crippen molar-refractivity contribution in [3.8, 4) is 0 Å². The zero-order valence-electron chi connectivity index (χ0n) is 10.5. The van der Waals surface area contributed by atoms with Gasteiger partial charge in [-0.1, -0.05) is 32.4 Å². The van der Waals surface area contributed by atoms with E-state index >= 15 is 0 Å². The quantitative estimate of drug-likeness (QED) is 0.812. The van der Waals surface area contributed by atoms with Gasteiger partial charge in [0, 0.05) is 5.54 Å². The first-order chi connectivity index (χ1) is 7.43. The second-order valence-electron chi connectivity index (χ2n) is 5.18. The van der Waals surface area contributed by atoms with Crippen LogP contribution in [0.15, 0.2) is 24.3 Å². The fourth-order valence-electron chi connectivity index (χ4n) is 2.13. The lowest BCUT2D eigenvalue weighted by atomic mass is 9.84. The summed E-state index contributed by atoms with van der Waals surface area (Å²) in [6, 6.07) is 6.71. The van der Waals surface area contributed by atoms with E-state index in [0.29, 0.717) is 5.92 Å². The number of hydrogen-bond acceptors (Lipinski definition) is 1. The van der Waals surface area contributed by atoms with Gasteiger partial charge in [-0.05, 0) is 43.4 Å². The molecule has 0 saturated heterocycles. The fourth-order valence-corrected chi connectivity index (χ4v) is 2.13. The van der Waals surface area contributed by atoms with E-state index in [2.05, 4.69) is 13.8 Å². The van der Waals surface area contributed by atoms with Crippen LogP contribution in [0.2, 0.25) is 0 Å². The Morgan fingerprint density at radius 1 is 1.44 bits per heavy atom. The standard InChI is InChI=1S/C14H22FN/c1-4-11(2)9-14(3,16)10-12-6-5-7-13(15)8-12/h5-8,11H,4,9-10,16H2,1-3H3.